The van der Waals surface area contributed by atoms with Crippen LogP contribution in [0, 0.1) is 17.3 Å². The number of carbonyl (C=O) groups is 1. The summed E-state index contributed by atoms with van der Waals surface area (Å²) in [5.74, 6) is 1.23. The molecular weight excluding hydrogens is 192 g/mol. The summed E-state index contributed by atoms with van der Waals surface area (Å²) in [6.07, 6.45) is 3.63. The lowest BCUT2D eigenvalue weighted by Crippen LogP contribution is -2.67. The highest BCUT2D eigenvalue weighted by Gasteiger charge is 2.67. The zero-order chi connectivity index (χ0) is 10.7. The van der Waals surface area contributed by atoms with E-state index < -0.39 is 5.60 Å². The Morgan fingerprint density at radius 3 is 2.80 bits per heavy atom. The predicted molar refractivity (Wildman–Crippen MR) is 54.0 cm³/mol. The maximum Gasteiger partial charge on any atom is 0.168 e. The minimum absolute atomic E-state index is 0.259. The Hall–Kier alpha value is -0.410. The second-order valence-electron chi connectivity index (χ2n) is 5.83. The molecule has 0 aromatic heterocycles. The fraction of sp³-hybridized carbons (Fsp3) is 0.917. The number of fused-ring (bicyclic) bond motifs is 1. The van der Waals surface area contributed by atoms with E-state index >= 15 is 0 Å². The molecule has 0 amide bonds. The molecule has 4 fully saturated rings. The Morgan fingerprint density at radius 1 is 1.40 bits per heavy atom. The van der Waals surface area contributed by atoms with Gasteiger partial charge in [-0.05, 0) is 30.6 Å². The lowest BCUT2D eigenvalue weighted by molar-refractivity contribution is -0.404. The van der Waals surface area contributed by atoms with Crippen LogP contribution in [0.4, 0.5) is 0 Å². The summed E-state index contributed by atoms with van der Waals surface area (Å²) in [5, 5.41) is 0. The first-order chi connectivity index (χ1) is 7.07. The minimum Gasteiger partial charge on any atom is -0.296 e. The van der Waals surface area contributed by atoms with Crippen molar-refractivity contribution in [3.8, 4) is 0 Å². The summed E-state index contributed by atoms with van der Waals surface area (Å²) in [6, 6.07) is 0. The van der Waals surface area contributed by atoms with Gasteiger partial charge in [0.15, 0.2) is 11.4 Å². The molecule has 0 unspecified atom stereocenters. The molecule has 0 radical (unpaired) electrons. The van der Waals surface area contributed by atoms with Crippen LogP contribution in [0.5, 0.6) is 0 Å². The summed E-state index contributed by atoms with van der Waals surface area (Å²) in [5.41, 5.74) is -0.328. The van der Waals surface area contributed by atoms with Crippen LogP contribution in [-0.4, -0.2) is 18.0 Å². The van der Waals surface area contributed by atoms with Gasteiger partial charge in [-0.2, -0.15) is 0 Å². The molecule has 84 valence electrons. The first-order valence-corrected chi connectivity index (χ1v) is 5.91. The largest absolute Gasteiger partial charge is 0.296 e. The Kier molecular flexibility index (Phi) is 1.85. The van der Waals surface area contributed by atoms with Crippen LogP contribution in [0.15, 0.2) is 0 Å². The van der Waals surface area contributed by atoms with Gasteiger partial charge >= 0.3 is 0 Å². The molecule has 3 saturated carbocycles. The third-order valence-corrected chi connectivity index (χ3v) is 4.92. The SMILES string of the molecule is CC1(C)[C@H]2CC(=O)[C@@]3(CCCOO3)[C@@H]1C2. The molecule has 1 saturated heterocycles. The standard InChI is InChI=1S/C12H18O3/c1-11(2)8-6-9(11)12(10(13)7-8)4-3-5-14-15-12/h8-9H,3-7H2,1-2H3/t8-,9-,12-/m1/s1. The average Bonchev–Trinajstić information content (AvgIpc) is 2.23. The number of hydrogen-bond acceptors (Lipinski definition) is 3. The first kappa shape index (κ1) is 9.79. The van der Waals surface area contributed by atoms with E-state index in [1.54, 1.807) is 0 Å². The third-order valence-electron chi connectivity index (χ3n) is 4.92. The molecule has 3 atom stereocenters. The lowest BCUT2D eigenvalue weighted by atomic mass is 9.43. The van der Waals surface area contributed by atoms with Crippen LogP contribution in [0.2, 0.25) is 0 Å². The summed E-state index contributed by atoms with van der Waals surface area (Å²) in [7, 11) is 0. The van der Waals surface area contributed by atoms with E-state index in [2.05, 4.69) is 13.8 Å². The van der Waals surface area contributed by atoms with Crippen LogP contribution in [-0.2, 0) is 14.6 Å². The number of carbonyl (C=O) groups excluding carboxylic acids is 1. The van der Waals surface area contributed by atoms with Gasteiger partial charge in [-0.25, -0.2) is 9.78 Å². The molecule has 3 heteroatoms. The molecule has 1 aliphatic heterocycles. The molecule has 15 heavy (non-hydrogen) atoms. The Morgan fingerprint density at radius 2 is 2.20 bits per heavy atom. The van der Waals surface area contributed by atoms with Crippen LogP contribution in [0.1, 0.15) is 39.5 Å². The smallest absolute Gasteiger partial charge is 0.168 e. The lowest BCUT2D eigenvalue weighted by Gasteiger charge is -2.63. The number of hydrogen-bond donors (Lipinski definition) is 0. The number of Topliss-reactive ketones (excluding diaryl/α,β-unsaturated/α-hetero) is 1. The van der Waals surface area contributed by atoms with Gasteiger partial charge in [-0.3, -0.25) is 4.79 Å². The van der Waals surface area contributed by atoms with Crippen molar-refractivity contribution in [3.63, 3.8) is 0 Å². The van der Waals surface area contributed by atoms with Crippen molar-refractivity contribution in [1.82, 2.24) is 0 Å². The average molecular weight is 210 g/mol. The summed E-state index contributed by atoms with van der Waals surface area (Å²) in [6.45, 7) is 5.15. The van der Waals surface area contributed by atoms with Crippen molar-refractivity contribution < 1.29 is 14.6 Å². The maximum absolute atomic E-state index is 12.1. The molecule has 4 rings (SSSR count). The topological polar surface area (TPSA) is 35.5 Å². The van der Waals surface area contributed by atoms with Crippen LogP contribution in [0.25, 0.3) is 0 Å². The van der Waals surface area contributed by atoms with Crippen molar-refractivity contribution in [1.29, 1.82) is 0 Å². The van der Waals surface area contributed by atoms with Gasteiger partial charge in [-0.15, -0.1) is 0 Å². The van der Waals surface area contributed by atoms with Crippen LogP contribution < -0.4 is 0 Å². The molecule has 2 bridgehead atoms. The molecule has 1 heterocycles. The second kappa shape index (κ2) is 2.83. The van der Waals surface area contributed by atoms with E-state index in [4.69, 9.17) is 9.78 Å². The fourth-order valence-electron chi connectivity index (χ4n) is 3.74. The highest BCUT2D eigenvalue weighted by molar-refractivity contribution is 5.90. The van der Waals surface area contributed by atoms with Crippen molar-refractivity contribution in [2.24, 2.45) is 17.3 Å². The highest BCUT2D eigenvalue weighted by Crippen LogP contribution is 2.64. The van der Waals surface area contributed by atoms with Gasteiger partial charge in [0.1, 0.15) is 0 Å². The van der Waals surface area contributed by atoms with Crippen molar-refractivity contribution in [2.75, 3.05) is 6.61 Å². The molecule has 4 aliphatic rings. The molecule has 3 nitrogen and oxygen atoms in total. The van der Waals surface area contributed by atoms with Gasteiger partial charge in [0.05, 0.1) is 6.61 Å². The van der Waals surface area contributed by atoms with Crippen molar-refractivity contribution in [2.45, 2.75) is 45.1 Å². The maximum atomic E-state index is 12.1. The Balaban J connectivity index is 1.95. The van der Waals surface area contributed by atoms with Crippen LogP contribution >= 0.6 is 0 Å². The van der Waals surface area contributed by atoms with Crippen LogP contribution in [0.3, 0.4) is 0 Å². The van der Waals surface area contributed by atoms with Gasteiger partial charge < -0.3 is 0 Å². The van der Waals surface area contributed by atoms with Crippen molar-refractivity contribution >= 4 is 5.78 Å². The molecule has 0 aromatic rings. The summed E-state index contributed by atoms with van der Waals surface area (Å²) < 4.78 is 0. The molecule has 0 N–H and O–H groups in total. The van der Waals surface area contributed by atoms with E-state index in [0.717, 1.165) is 19.3 Å². The van der Waals surface area contributed by atoms with Gasteiger partial charge in [0.2, 0.25) is 0 Å². The van der Waals surface area contributed by atoms with E-state index in [0.29, 0.717) is 24.9 Å². The monoisotopic (exact) mass is 210 g/mol. The van der Waals surface area contributed by atoms with Crippen molar-refractivity contribution in [3.05, 3.63) is 0 Å². The fourth-order valence-corrected chi connectivity index (χ4v) is 3.74. The van der Waals surface area contributed by atoms with Gasteiger partial charge in [0, 0.05) is 12.3 Å². The van der Waals surface area contributed by atoms with E-state index in [-0.39, 0.29) is 11.2 Å². The quantitative estimate of drug-likeness (QED) is 0.574. The van der Waals surface area contributed by atoms with Gasteiger partial charge in [0.25, 0.3) is 0 Å². The Bertz CT molecular complexity index is 302. The zero-order valence-electron chi connectivity index (χ0n) is 9.41. The third kappa shape index (κ3) is 1.06. The summed E-state index contributed by atoms with van der Waals surface area (Å²) in [4.78, 5) is 22.7. The van der Waals surface area contributed by atoms with E-state index in [1.807, 2.05) is 0 Å². The molecule has 3 aliphatic carbocycles. The number of ketones is 1. The second-order valence-corrected chi connectivity index (χ2v) is 5.83. The van der Waals surface area contributed by atoms with E-state index in [1.165, 1.54) is 0 Å². The predicted octanol–water partition coefficient (Wildman–Crippen LogP) is 2.10. The normalized spacial score (nSPS) is 47.7. The highest BCUT2D eigenvalue weighted by atomic mass is 17.2. The van der Waals surface area contributed by atoms with E-state index in [9.17, 15) is 4.79 Å². The summed E-state index contributed by atoms with van der Waals surface area (Å²) >= 11 is 0. The Labute approximate surface area is 90.1 Å². The minimum atomic E-state index is -0.587. The molecular formula is C12H18O3. The number of rotatable bonds is 0. The zero-order valence-corrected chi connectivity index (χ0v) is 9.41. The molecule has 0 aromatic carbocycles. The molecule has 1 spiro atoms. The first-order valence-electron chi connectivity index (χ1n) is 5.91. The van der Waals surface area contributed by atoms with Gasteiger partial charge in [-0.1, -0.05) is 13.8 Å².